The van der Waals surface area contributed by atoms with E-state index in [1.165, 1.54) is 6.07 Å². The summed E-state index contributed by atoms with van der Waals surface area (Å²) in [4.78, 5) is 20.3. The van der Waals surface area contributed by atoms with Crippen LogP contribution in [-0.4, -0.2) is 16.0 Å². The van der Waals surface area contributed by atoms with E-state index >= 15 is 0 Å². The first-order valence-corrected chi connectivity index (χ1v) is 3.97. The van der Waals surface area contributed by atoms with Gasteiger partial charge in [-0.2, -0.15) is 5.26 Å². The van der Waals surface area contributed by atoms with Crippen LogP contribution in [0.2, 0.25) is 5.02 Å². The van der Waals surface area contributed by atoms with Crippen molar-refractivity contribution in [2.24, 2.45) is 0 Å². The van der Waals surface area contributed by atoms with Gasteiger partial charge in [-0.3, -0.25) is 10.1 Å². The van der Waals surface area contributed by atoms with E-state index in [0.717, 1.165) is 12.1 Å². The number of nitro groups is 1. The van der Waals surface area contributed by atoms with E-state index in [1.807, 2.05) is 0 Å². The van der Waals surface area contributed by atoms with Crippen LogP contribution in [0.5, 0.6) is 0 Å². The molecule has 0 saturated heterocycles. The Morgan fingerprint density at radius 2 is 2.20 bits per heavy atom. The Morgan fingerprint density at radius 3 is 2.60 bits per heavy atom. The Bertz CT molecular complexity index is 492. The average molecular weight is 227 g/mol. The van der Waals surface area contributed by atoms with Gasteiger partial charge in [0.15, 0.2) is 0 Å². The number of halogens is 1. The molecule has 0 saturated carbocycles. The molecule has 15 heavy (non-hydrogen) atoms. The number of benzene rings is 1. The lowest BCUT2D eigenvalue weighted by molar-refractivity contribution is -0.384. The minimum absolute atomic E-state index is 0.354. The summed E-state index contributed by atoms with van der Waals surface area (Å²) in [5, 5.41) is 27.3. The molecule has 76 valence electrons. The van der Waals surface area contributed by atoms with E-state index in [0.29, 0.717) is 0 Å². The van der Waals surface area contributed by atoms with Gasteiger partial charge in [0.1, 0.15) is 11.1 Å². The molecule has 7 heteroatoms. The second-order valence-corrected chi connectivity index (χ2v) is 2.87. The van der Waals surface area contributed by atoms with Gasteiger partial charge >= 0.3 is 5.97 Å². The van der Waals surface area contributed by atoms with Gasteiger partial charge in [0, 0.05) is 6.07 Å². The first-order valence-electron chi connectivity index (χ1n) is 3.59. The molecule has 1 N–H and O–H groups in total. The van der Waals surface area contributed by atoms with E-state index in [9.17, 15) is 14.9 Å². The second kappa shape index (κ2) is 3.94. The molecular formula is C8H3ClN2O4. The maximum Gasteiger partial charge on any atom is 0.337 e. The standard InChI is InChI=1S/C8H3ClN2O4/c9-7-5(3-10)4(8(12)13)1-2-6(7)11(14)15/h1-2H,(H,12,13). The van der Waals surface area contributed by atoms with Gasteiger partial charge in [0.25, 0.3) is 5.69 Å². The van der Waals surface area contributed by atoms with Crippen molar-refractivity contribution in [3.05, 3.63) is 38.4 Å². The lowest BCUT2D eigenvalue weighted by Crippen LogP contribution is -2.02. The molecule has 0 unspecified atom stereocenters. The van der Waals surface area contributed by atoms with Crippen LogP contribution in [0, 0.1) is 21.4 Å². The number of hydrogen-bond acceptors (Lipinski definition) is 4. The number of aromatic carboxylic acids is 1. The largest absolute Gasteiger partial charge is 0.478 e. The third kappa shape index (κ3) is 1.87. The minimum atomic E-state index is -1.36. The van der Waals surface area contributed by atoms with E-state index < -0.39 is 27.2 Å². The fourth-order valence-electron chi connectivity index (χ4n) is 0.994. The molecule has 0 heterocycles. The molecule has 6 nitrogen and oxygen atoms in total. The molecule has 1 aromatic rings. The Kier molecular flexibility index (Phi) is 2.87. The van der Waals surface area contributed by atoms with Crippen molar-refractivity contribution < 1.29 is 14.8 Å². The lowest BCUT2D eigenvalue weighted by Gasteiger charge is -2.00. The first kappa shape index (κ1) is 10.9. The highest BCUT2D eigenvalue weighted by atomic mass is 35.5. The summed E-state index contributed by atoms with van der Waals surface area (Å²) in [7, 11) is 0. The van der Waals surface area contributed by atoms with Crippen LogP contribution < -0.4 is 0 Å². The molecule has 0 aliphatic rings. The van der Waals surface area contributed by atoms with Crippen LogP contribution in [-0.2, 0) is 0 Å². The van der Waals surface area contributed by atoms with Crippen molar-refractivity contribution in [3.63, 3.8) is 0 Å². The zero-order chi connectivity index (χ0) is 11.6. The highest BCUT2D eigenvalue weighted by molar-refractivity contribution is 6.34. The molecule has 1 rings (SSSR count). The molecule has 0 fully saturated rings. The number of carbonyl (C=O) groups is 1. The average Bonchev–Trinajstić information content (AvgIpc) is 2.16. The normalized spacial score (nSPS) is 9.33. The molecule has 0 spiro atoms. The highest BCUT2D eigenvalue weighted by Crippen LogP contribution is 2.29. The Labute approximate surface area is 88.5 Å². The van der Waals surface area contributed by atoms with Crippen LogP contribution in [0.3, 0.4) is 0 Å². The van der Waals surface area contributed by atoms with Crippen LogP contribution in [0.15, 0.2) is 12.1 Å². The number of nitro benzene ring substituents is 1. The van der Waals surface area contributed by atoms with Gasteiger partial charge < -0.3 is 5.11 Å². The number of nitrogens with zero attached hydrogens (tertiary/aromatic N) is 2. The summed E-state index contributed by atoms with van der Waals surface area (Å²) in [5.41, 5.74) is -1.25. The fourth-order valence-corrected chi connectivity index (χ4v) is 1.27. The monoisotopic (exact) mass is 226 g/mol. The molecule has 0 aliphatic carbocycles. The van der Waals surface area contributed by atoms with E-state index in [-0.39, 0.29) is 5.56 Å². The summed E-state index contributed by atoms with van der Waals surface area (Å²) in [6.45, 7) is 0. The summed E-state index contributed by atoms with van der Waals surface area (Å²) in [6.07, 6.45) is 0. The lowest BCUT2D eigenvalue weighted by atomic mass is 10.1. The van der Waals surface area contributed by atoms with E-state index in [1.54, 1.807) is 0 Å². The molecule has 0 bridgehead atoms. The van der Waals surface area contributed by atoms with Gasteiger partial charge in [-0.15, -0.1) is 0 Å². The number of carboxylic acid groups (broad SMARTS) is 1. The molecule has 0 amide bonds. The maximum atomic E-state index is 10.6. The Hall–Kier alpha value is -2.13. The SMILES string of the molecule is N#Cc1c(C(=O)O)ccc([N+](=O)[O-])c1Cl. The smallest absolute Gasteiger partial charge is 0.337 e. The van der Waals surface area contributed by atoms with E-state index in [4.69, 9.17) is 22.0 Å². The predicted octanol–water partition coefficient (Wildman–Crippen LogP) is 1.82. The highest BCUT2D eigenvalue weighted by Gasteiger charge is 2.21. The Balaban J connectivity index is 3.55. The molecule has 0 aromatic heterocycles. The summed E-state index contributed by atoms with van der Waals surface area (Å²) < 4.78 is 0. The maximum absolute atomic E-state index is 10.6. The first-order chi connectivity index (χ1) is 6.99. The Morgan fingerprint density at radius 1 is 1.60 bits per heavy atom. The quantitative estimate of drug-likeness (QED) is 0.612. The molecule has 0 aliphatic heterocycles. The number of nitriles is 1. The van der Waals surface area contributed by atoms with Crippen LogP contribution >= 0.6 is 11.6 Å². The van der Waals surface area contributed by atoms with Gasteiger partial charge in [0.2, 0.25) is 0 Å². The van der Waals surface area contributed by atoms with Crippen molar-refractivity contribution in [1.29, 1.82) is 5.26 Å². The topological polar surface area (TPSA) is 104 Å². The van der Waals surface area contributed by atoms with Crippen LogP contribution in [0.1, 0.15) is 15.9 Å². The summed E-state index contributed by atoms with van der Waals surface area (Å²) in [5.74, 6) is -1.36. The van der Waals surface area contributed by atoms with Crippen LogP contribution in [0.4, 0.5) is 5.69 Å². The summed E-state index contributed by atoms with van der Waals surface area (Å²) >= 11 is 5.53. The third-order valence-corrected chi connectivity index (χ3v) is 2.04. The zero-order valence-electron chi connectivity index (χ0n) is 7.10. The van der Waals surface area contributed by atoms with Crippen molar-refractivity contribution in [1.82, 2.24) is 0 Å². The molecule has 0 atom stereocenters. The van der Waals surface area contributed by atoms with Gasteiger partial charge in [0.05, 0.1) is 16.1 Å². The van der Waals surface area contributed by atoms with Gasteiger partial charge in [-0.1, -0.05) is 11.6 Å². The van der Waals surface area contributed by atoms with Gasteiger partial charge in [-0.25, -0.2) is 4.79 Å². The van der Waals surface area contributed by atoms with Crippen molar-refractivity contribution in [3.8, 4) is 6.07 Å². The molecule has 1 aromatic carbocycles. The van der Waals surface area contributed by atoms with Crippen molar-refractivity contribution in [2.45, 2.75) is 0 Å². The van der Waals surface area contributed by atoms with Gasteiger partial charge in [-0.05, 0) is 6.07 Å². The summed E-state index contributed by atoms with van der Waals surface area (Å²) in [6, 6.07) is 3.45. The number of hydrogen-bond donors (Lipinski definition) is 1. The van der Waals surface area contributed by atoms with Crippen LogP contribution in [0.25, 0.3) is 0 Å². The zero-order valence-corrected chi connectivity index (χ0v) is 7.85. The molecular weight excluding hydrogens is 224 g/mol. The third-order valence-electron chi connectivity index (χ3n) is 1.66. The molecule has 0 radical (unpaired) electrons. The van der Waals surface area contributed by atoms with E-state index in [2.05, 4.69) is 0 Å². The second-order valence-electron chi connectivity index (χ2n) is 2.50. The fraction of sp³-hybridized carbons (Fsp3) is 0. The predicted molar refractivity (Wildman–Crippen MR) is 49.8 cm³/mol. The van der Waals surface area contributed by atoms with Crippen molar-refractivity contribution in [2.75, 3.05) is 0 Å². The number of carboxylic acids is 1. The number of rotatable bonds is 2. The minimum Gasteiger partial charge on any atom is -0.478 e. The van der Waals surface area contributed by atoms with Crippen molar-refractivity contribution >= 4 is 23.3 Å².